The third-order valence-electron chi connectivity index (χ3n) is 7.90. The highest BCUT2D eigenvalue weighted by Gasteiger charge is 2.49. The zero-order chi connectivity index (χ0) is 23.9. The Balaban J connectivity index is 1.20. The Kier molecular flexibility index (Phi) is 5.80. The minimum Gasteiger partial charge on any atom is -0.481 e. The number of nitrogens with zero attached hydrogens (tertiary/aromatic N) is 1. The van der Waals surface area contributed by atoms with Crippen LogP contribution in [0, 0.1) is 17.3 Å². The van der Waals surface area contributed by atoms with Gasteiger partial charge >= 0.3 is 12.1 Å². The van der Waals surface area contributed by atoms with Crippen molar-refractivity contribution in [2.75, 3.05) is 26.2 Å². The molecule has 1 aliphatic heterocycles. The van der Waals surface area contributed by atoms with Crippen LogP contribution >= 0.6 is 0 Å². The van der Waals surface area contributed by atoms with E-state index in [0.29, 0.717) is 19.4 Å². The van der Waals surface area contributed by atoms with Gasteiger partial charge in [0.2, 0.25) is 5.91 Å². The van der Waals surface area contributed by atoms with E-state index in [4.69, 9.17) is 4.74 Å². The number of hydrogen-bond acceptors (Lipinski definition) is 4. The number of carboxylic acid groups (broad SMARTS) is 1. The fourth-order valence-electron chi connectivity index (χ4n) is 5.75. The molecule has 0 spiro atoms. The van der Waals surface area contributed by atoms with Gasteiger partial charge in [-0.15, -0.1) is 0 Å². The normalized spacial score (nSPS) is 22.4. The largest absolute Gasteiger partial charge is 0.481 e. The van der Waals surface area contributed by atoms with Crippen molar-refractivity contribution in [1.29, 1.82) is 0 Å². The molecule has 3 aliphatic rings. The number of fused-ring (bicyclic) bond motifs is 3. The first-order chi connectivity index (χ1) is 16.4. The molecule has 2 amide bonds. The van der Waals surface area contributed by atoms with E-state index < -0.39 is 23.4 Å². The molecule has 178 valence electrons. The summed E-state index contributed by atoms with van der Waals surface area (Å²) in [7, 11) is 0. The van der Waals surface area contributed by atoms with Crippen LogP contribution in [0.25, 0.3) is 11.1 Å². The van der Waals surface area contributed by atoms with Crippen molar-refractivity contribution in [1.82, 2.24) is 10.2 Å². The third kappa shape index (κ3) is 3.83. The molecule has 2 aliphatic carbocycles. The lowest BCUT2D eigenvalue weighted by atomic mass is 9.67. The Bertz CT molecular complexity index is 1080. The molecule has 1 saturated heterocycles. The van der Waals surface area contributed by atoms with Crippen LogP contribution in [0.1, 0.15) is 43.2 Å². The molecule has 2 fully saturated rings. The fourth-order valence-corrected chi connectivity index (χ4v) is 5.75. The molecule has 7 nitrogen and oxygen atoms in total. The third-order valence-corrected chi connectivity index (χ3v) is 7.90. The van der Waals surface area contributed by atoms with Crippen LogP contribution in [0.5, 0.6) is 0 Å². The summed E-state index contributed by atoms with van der Waals surface area (Å²) in [5.74, 6) is -1.53. The molecule has 2 N–H and O–H groups in total. The van der Waals surface area contributed by atoms with Crippen LogP contribution in [0.2, 0.25) is 0 Å². The van der Waals surface area contributed by atoms with Crippen molar-refractivity contribution >= 4 is 18.0 Å². The Hall–Kier alpha value is -3.35. The van der Waals surface area contributed by atoms with Crippen molar-refractivity contribution in [3.8, 4) is 11.1 Å². The van der Waals surface area contributed by atoms with E-state index in [0.717, 1.165) is 17.5 Å². The first kappa shape index (κ1) is 22.4. The SMILES string of the molecule is CC1CN(C(=O)C2(CNC(=O)OCC3c4ccccc4-c4ccccc43)CCC2)CC1C(=O)O. The van der Waals surface area contributed by atoms with Gasteiger partial charge < -0.3 is 20.1 Å². The second-order valence-corrected chi connectivity index (χ2v) is 9.95. The predicted molar refractivity (Wildman–Crippen MR) is 126 cm³/mol. The van der Waals surface area contributed by atoms with E-state index in [2.05, 4.69) is 29.6 Å². The maximum atomic E-state index is 13.3. The van der Waals surface area contributed by atoms with E-state index in [-0.39, 0.29) is 37.4 Å². The number of rotatable bonds is 6. The molecule has 1 saturated carbocycles. The lowest BCUT2D eigenvalue weighted by molar-refractivity contribution is -0.146. The summed E-state index contributed by atoms with van der Waals surface area (Å²) in [4.78, 5) is 39.0. The number of alkyl carbamates (subject to hydrolysis) is 1. The monoisotopic (exact) mass is 462 g/mol. The van der Waals surface area contributed by atoms with Gasteiger partial charge in [-0.05, 0) is 41.0 Å². The molecular weight excluding hydrogens is 432 g/mol. The number of carboxylic acids is 1. The summed E-state index contributed by atoms with van der Waals surface area (Å²) < 4.78 is 5.62. The highest BCUT2D eigenvalue weighted by atomic mass is 16.5. The van der Waals surface area contributed by atoms with E-state index in [1.165, 1.54) is 11.1 Å². The standard InChI is InChI=1S/C27H30N2O5/c1-17-13-29(14-22(17)24(30)31)25(32)27(11-6-12-27)16-28-26(33)34-15-23-20-9-4-2-7-18(20)19-8-3-5-10-21(19)23/h2-5,7-10,17,22-23H,6,11-16H2,1H3,(H,28,33)(H,30,31). The van der Waals surface area contributed by atoms with Crippen molar-refractivity contribution in [3.05, 3.63) is 59.7 Å². The minimum absolute atomic E-state index is 0.0171. The number of carbonyl (C=O) groups excluding carboxylic acids is 2. The Labute approximate surface area is 199 Å². The molecule has 2 unspecified atom stereocenters. The summed E-state index contributed by atoms with van der Waals surface area (Å²) in [5, 5.41) is 12.2. The van der Waals surface area contributed by atoms with Crippen molar-refractivity contribution in [2.24, 2.45) is 17.3 Å². The number of likely N-dealkylation sites (tertiary alicyclic amines) is 1. The van der Waals surface area contributed by atoms with Crippen LogP contribution in [0.3, 0.4) is 0 Å². The van der Waals surface area contributed by atoms with Gasteiger partial charge in [-0.1, -0.05) is 61.9 Å². The quantitative estimate of drug-likeness (QED) is 0.679. The summed E-state index contributed by atoms with van der Waals surface area (Å²) >= 11 is 0. The van der Waals surface area contributed by atoms with Crippen molar-refractivity contribution in [2.45, 2.75) is 32.1 Å². The van der Waals surface area contributed by atoms with Gasteiger partial charge in [-0.2, -0.15) is 0 Å². The zero-order valence-corrected chi connectivity index (χ0v) is 19.3. The predicted octanol–water partition coefficient (Wildman–Crippen LogP) is 3.87. The van der Waals surface area contributed by atoms with E-state index in [1.807, 2.05) is 31.2 Å². The van der Waals surface area contributed by atoms with Gasteiger partial charge in [0.1, 0.15) is 6.61 Å². The first-order valence-electron chi connectivity index (χ1n) is 12.0. The summed E-state index contributed by atoms with van der Waals surface area (Å²) in [6, 6.07) is 16.4. The number of benzene rings is 2. The molecule has 2 atom stereocenters. The maximum Gasteiger partial charge on any atom is 0.407 e. The summed E-state index contributed by atoms with van der Waals surface area (Å²) in [6.07, 6.45) is 1.78. The van der Waals surface area contributed by atoms with Gasteiger partial charge in [0.05, 0.1) is 11.3 Å². The number of hydrogen-bond donors (Lipinski definition) is 2. The second kappa shape index (κ2) is 8.78. The average molecular weight is 463 g/mol. The second-order valence-electron chi connectivity index (χ2n) is 9.95. The van der Waals surface area contributed by atoms with Gasteiger partial charge in [0, 0.05) is 25.6 Å². The van der Waals surface area contributed by atoms with Gasteiger partial charge in [-0.3, -0.25) is 9.59 Å². The lowest BCUT2D eigenvalue weighted by Gasteiger charge is -2.42. The molecule has 5 rings (SSSR count). The van der Waals surface area contributed by atoms with Gasteiger partial charge in [0.15, 0.2) is 0 Å². The number of amides is 2. The van der Waals surface area contributed by atoms with Crippen LogP contribution in [0.15, 0.2) is 48.5 Å². The Morgan fingerprint density at radius 2 is 1.65 bits per heavy atom. The summed E-state index contributed by atoms with van der Waals surface area (Å²) in [5.41, 5.74) is 3.99. The molecule has 7 heteroatoms. The van der Waals surface area contributed by atoms with Crippen molar-refractivity contribution in [3.63, 3.8) is 0 Å². The van der Waals surface area contributed by atoms with Crippen LogP contribution in [-0.2, 0) is 14.3 Å². The molecular formula is C27H30N2O5. The topological polar surface area (TPSA) is 95.9 Å². The van der Waals surface area contributed by atoms with E-state index >= 15 is 0 Å². The molecule has 1 heterocycles. The molecule has 2 aromatic carbocycles. The van der Waals surface area contributed by atoms with Gasteiger partial charge in [0.25, 0.3) is 0 Å². The zero-order valence-electron chi connectivity index (χ0n) is 19.3. The van der Waals surface area contributed by atoms with Crippen LogP contribution < -0.4 is 5.32 Å². The highest BCUT2D eigenvalue weighted by molar-refractivity contribution is 5.86. The van der Waals surface area contributed by atoms with Gasteiger partial charge in [-0.25, -0.2) is 4.79 Å². The minimum atomic E-state index is -0.859. The molecule has 34 heavy (non-hydrogen) atoms. The average Bonchev–Trinajstić information content (AvgIpc) is 3.35. The smallest absolute Gasteiger partial charge is 0.407 e. The number of aliphatic carboxylic acids is 1. The lowest BCUT2D eigenvalue weighted by Crippen LogP contribution is -2.53. The first-order valence-corrected chi connectivity index (χ1v) is 12.0. The molecule has 0 aromatic heterocycles. The number of ether oxygens (including phenoxy) is 1. The number of carbonyl (C=O) groups is 3. The highest BCUT2D eigenvalue weighted by Crippen LogP contribution is 2.45. The van der Waals surface area contributed by atoms with Crippen LogP contribution in [-0.4, -0.2) is 54.2 Å². The maximum absolute atomic E-state index is 13.3. The molecule has 2 aromatic rings. The molecule has 0 bridgehead atoms. The Morgan fingerprint density at radius 3 is 2.18 bits per heavy atom. The molecule has 0 radical (unpaired) electrons. The fraction of sp³-hybridized carbons (Fsp3) is 0.444. The van der Waals surface area contributed by atoms with Crippen LogP contribution in [0.4, 0.5) is 4.79 Å². The van der Waals surface area contributed by atoms with E-state index in [1.54, 1.807) is 4.90 Å². The Morgan fingerprint density at radius 1 is 1.03 bits per heavy atom. The van der Waals surface area contributed by atoms with E-state index in [9.17, 15) is 19.5 Å². The number of nitrogens with one attached hydrogen (secondary N) is 1. The van der Waals surface area contributed by atoms with Crippen molar-refractivity contribution < 1.29 is 24.2 Å². The summed E-state index contributed by atoms with van der Waals surface area (Å²) in [6.45, 7) is 2.99.